The van der Waals surface area contributed by atoms with Gasteiger partial charge in [0.25, 0.3) is 0 Å². The van der Waals surface area contributed by atoms with Crippen molar-refractivity contribution in [1.29, 1.82) is 5.26 Å². The summed E-state index contributed by atoms with van der Waals surface area (Å²) in [6.07, 6.45) is 6.85. The largest absolute Gasteiger partial charge is 0.297 e. The molecule has 0 N–H and O–H groups in total. The van der Waals surface area contributed by atoms with Gasteiger partial charge in [-0.25, -0.2) is 8.78 Å². The topological polar surface area (TPSA) is 27.0 Å². The number of hydrogen-bond donors (Lipinski definition) is 0. The van der Waals surface area contributed by atoms with Crippen LogP contribution in [-0.2, 0) is 12.0 Å². The van der Waals surface area contributed by atoms with E-state index in [0.29, 0.717) is 18.0 Å². The van der Waals surface area contributed by atoms with Gasteiger partial charge in [0.15, 0.2) is 11.6 Å². The third-order valence-corrected chi connectivity index (χ3v) is 6.91. The van der Waals surface area contributed by atoms with Gasteiger partial charge in [-0.3, -0.25) is 4.90 Å². The summed E-state index contributed by atoms with van der Waals surface area (Å²) in [7, 11) is 0. The predicted molar refractivity (Wildman–Crippen MR) is 121 cm³/mol. The molecule has 0 saturated heterocycles. The van der Waals surface area contributed by atoms with Crippen LogP contribution in [0.4, 0.5) is 8.78 Å². The third-order valence-electron chi connectivity index (χ3n) is 6.91. The smallest absolute Gasteiger partial charge is 0.159 e. The fourth-order valence-electron chi connectivity index (χ4n) is 5.06. The van der Waals surface area contributed by atoms with Crippen LogP contribution in [0.3, 0.4) is 0 Å². The molecule has 3 rings (SSSR count). The molecule has 166 valence electrons. The molecular formula is C27H34F2N2. The van der Waals surface area contributed by atoms with E-state index in [1.807, 2.05) is 6.07 Å². The van der Waals surface area contributed by atoms with Gasteiger partial charge in [0.2, 0.25) is 0 Å². The Morgan fingerprint density at radius 2 is 1.74 bits per heavy atom. The first-order chi connectivity index (χ1) is 15.0. The van der Waals surface area contributed by atoms with Crippen LogP contribution >= 0.6 is 0 Å². The van der Waals surface area contributed by atoms with Crippen molar-refractivity contribution in [3.63, 3.8) is 0 Å². The van der Waals surface area contributed by atoms with Crippen molar-refractivity contribution < 1.29 is 8.78 Å². The van der Waals surface area contributed by atoms with Gasteiger partial charge in [0.05, 0.1) is 11.5 Å². The molecule has 1 unspecified atom stereocenters. The van der Waals surface area contributed by atoms with Gasteiger partial charge in [-0.2, -0.15) is 5.26 Å². The number of benzene rings is 2. The van der Waals surface area contributed by atoms with Crippen molar-refractivity contribution in [2.45, 2.75) is 76.8 Å². The van der Waals surface area contributed by atoms with Crippen molar-refractivity contribution in [1.82, 2.24) is 4.90 Å². The number of rotatable bonds is 9. The van der Waals surface area contributed by atoms with Crippen LogP contribution in [0.25, 0.3) is 0 Å². The molecule has 1 fully saturated rings. The van der Waals surface area contributed by atoms with Gasteiger partial charge < -0.3 is 0 Å². The molecule has 31 heavy (non-hydrogen) atoms. The summed E-state index contributed by atoms with van der Waals surface area (Å²) in [6, 6.07) is 17.5. The monoisotopic (exact) mass is 424 g/mol. The Balaban J connectivity index is 1.79. The van der Waals surface area contributed by atoms with E-state index in [9.17, 15) is 14.0 Å². The Morgan fingerprint density at radius 3 is 2.35 bits per heavy atom. The minimum atomic E-state index is -0.860. The second-order valence-corrected chi connectivity index (χ2v) is 9.20. The molecule has 2 nitrogen and oxygen atoms in total. The molecule has 2 aromatic carbocycles. The van der Waals surface area contributed by atoms with E-state index in [-0.39, 0.29) is 5.92 Å². The highest BCUT2D eigenvalue weighted by Gasteiger charge is 2.41. The highest BCUT2D eigenvalue weighted by molar-refractivity contribution is 5.35. The van der Waals surface area contributed by atoms with Crippen LogP contribution in [0.5, 0.6) is 0 Å². The zero-order valence-electron chi connectivity index (χ0n) is 18.8. The van der Waals surface area contributed by atoms with Gasteiger partial charge in [0, 0.05) is 12.6 Å². The van der Waals surface area contributed by atoms with Crippen LogP contribution in [0, 0.1) is 28.9 Å². The molecule has 2 aromatic rings. The quantitative estimate of drug-likeness (QED) is 0.433. The second-order valence-electron chi connectivity index (χ2n) is 9.20. The maximum Gasteiger partial charge on any atom is 0.159 e. The van der Waals surface area contributed by atoms with Gasteiger partial charge in [-0.15, -0.1) is 0 Å². The summed E-state index contributed by atoms with van der Waals surface area (Å²) >= 11 is 0. The molecule has 0 aliphatic heterocycles. The first-order valence-electron chi connectivity index (χ1n) is 11.6. The summed E-state index contributed by atoms with van der Waals surface area (Å²) in [5, 5.41) is 10.4. The minimum absolute atomic E-state index is 0.192. The van der Waals surface area contributed by atoms with Crippen LogP contribution in [-0.4, -0.2) is 17.5 Å². The molecule has 0 radical (unpaired) electrons. The molecule has 0 heterocycles. The first kappa shape index (κ1) is 23.4. The van der Waals surface area contributed by atoms with E-state index in [1.165, 1.54) is 24.1 Å². The maximum atomic E-state index is 14.1. The average molecular weight is 425 g/mol. The Hall–Kier alpha value is -2.25. The molecule has 0 aromatic heterocycles. The number of nitrogens with zero attached hydrogens (tertiary/aromatic N) is 2. The van der Waals surface area contributed by atoms with Gasteiger partial charge >= 0.3 is 0 Å². The van der Waals surface area contributed by atoms with Crippen LogP contribution in [0.1, 0.15) is 69.9 Å². The van der Waals surface area contributed by atoms with Gasteiger partial charge in [-0.1, -0.05) is 55.7 Å². The fourth-order valence-corrected chi connectivity index (χ4v) is 5.06. The Kier molecular flexibility index (Phi) is 8.21. The number of hydrogen-bond acceptors (Lipinski definition) is 2. The summed E-state index contributed by atoms with van der Waals surface area (Å²) in [4.78, 5) is 2.42. The Bertz CT molecular complexity index is 869. The Labute approximate surface area is 185 Å². The lowest BCUT2D eigenvalue weighted by Crippen LogP contribution is -2.37. The van der Waals surface area contributed by atoms with Gasteiger partial charge in [-0.05, 0) is 75.3 Å². The van der Waals surface area contributed by atoms with Gasteiger partial charge in [0.1, 0.15) is 0 Å². The summed E-state index contributed by atoms with van der Waals surface area (Å²) < 4.78 is 27.7. The van der Waals surface area contributed by atoms with Crippen molar-refractivity contribution in [3.05, 3.63) is 71.3 Å². The minimum Gasteiger partial charge on any atom is -0.297 e. The lowest BCUT2D eigenvalue weighted by atomic mass is 9.63. The zero-order chi connectivity index (χ0) is 22.3. The predicted octanol–water partition coefficient (Wildman–Crippen LogP) is 7.00. The number of halogens is 2. The number of nitriles is 1. The van der Waals surface area contributed by atoms with E-state index >= 15 is 0 Å². The highest BCUT2D eigenvalue weighted by atomic mass is 19.2. The lowest BCUT2D eigenvalue weighted by Gasteiger charge is -2.39. The standard InChI is InChI=1S/C27H34F2N2/c1-21(2)31(19-22-10-5-3-6-11-22)17-9-16-27(20-30,23-12-7-4-8-13-23)24-14-15-25(28)26(29)18-24/h3,5-6,10-11,14-15,18,21,23H,4,7-9,12-13,16-17,19H2,1-2H3. The molecule has 1 atom stereocenters. The van der Waals surface area contributed by atoms with Crippen molar-refractivity contribution in [2.24, 2.45) is 5.92 Å². The van der Waals surface area contributed by atoms with E-state index < -0.39 is 17.0 Å². The first-order valence-corrected chi connectivity index (χ1v) is 11.6. The molecule has 0 bridgehead atoms. The average Bonchev–Trinajstić information content (AvgIpc) is 2.79. The molecule has 0 spiro atoms. The van der Waals surface area contributed by atoms with Crippen molar-refractivity contribution in [3.8, 4) is 6.07 Å². The summed E-state index contributed by atoms with van der Waals surface area (Å²) in [6.45, 7) is 6.12. The van der Waals surface area contributed by atoms with Crippen LogP contribution in [0.2, 0.25) is 0 Å². The SMILES string of the molecule is CC(C)N(CCCC(C#N)(c1ccc(F)c(F)c1)C1CCCCC1)Cc1ccccc1. The molecule has 1 saturated carbocycles. The van der Waals surface area contributed by atoms with E-state index in [1.54, 1.807) is 6.07 Å². The second kappa shape index (κ2) is 10.9. The third kappa shape index (κ3) is 5.71. The molecule has 0 amide bonds. The maximum absolute atomic E-state index is 14.1. The van der Waals surface area contributed by atoms with E-state index in [0.717, 1.165) is 45.2 Å². The molecule has 1 aliphatic carbocycles. The van der Waals surface area contributed by atoms with Crippen molar-refractivity contribution in [2.75, 3.05) is 6.54 Å². The van der Waals surface area contributed by atoms with E-state index in [2.05, 4.69) is 49.1 Å². The Morgan fingerprint density at radius 1 is 1.03 bits per heavy atom. The molecule has 1 aliphatic rings. The van der Waals surface area contributed by atoms with Crippen LogP contribution in [0.15, 0.2) is 48.5 Å². The lowest BCUT2D eigenvalue weighted by molar-refractivity contribution is 0.186. The van der Waals surface area contributed by atoms with Crippen molar-refractivity contribution >= 4 is 0 Å². The molecule has 4 heteroatoms. The van der Waals surface area contributed by atoms with Crippen LogP contribution < -0.4 is 0 Å². The zero-order valence-corrected chi connectivity index (χ0v) is 18.8. The fraction of sp³-hybridized carbons (Fsp3) is 0.519. The highest BCUT2D eigenvalue weighted by Crippen LogP contribution is 2.44. The summed E-state index contributed by atoms with van der Waals surface area (Å²) in [5.41, 5.74) is 1.15. The summed E-state index contributed by atoms with van der Waals surface area (Å²) in [5.74, 6) is -1.52. The molecular weight excluding hydrogens is 390 g/mol. The van der Waals surface area contributed by atoms with E-state index in [4.69, 9.17) is 0 Å². The normalized spacial score (nSPS) is 16.9.